The van der Waals surface area contributed by atoms with Crippen molar-refractivity contribution >= 4 is 29.7 Å². The Morgan fingerprint density at radius 1 is 1.07 bits per heavy atom. The third-order valence-electron chi connectivity index (χ3n) is 7.56. The van der Waals surface area contributed by atoms with Crippen LogP contribution in [0, 0.1) is 18.8 Å². The van der Waals surface area contributed by atoms with Crippen LogP contribution in [0.1, 0.15) is 53.0 Å². The number of pyridine rings is 1. The molecule has 2 aromatic carbocycles. The van der Waals surface area contributed by atoms with E-state index in [1.54, 1.807) is 6.20 Å². The Balaban J connectivity index is 1.37. The highest BCUT2D eigenvalue weighted by Gasteiger charge is 2.45. The number of aliphatic hydroxyl groups is 1. The van der Waals surface area contributed by atoms with Gasteiger partial charge in [-0.25, -0.2) is 0 Å². The fraction of sp³-hybridized carbons (Fsp3) is 0.364. The molecule has 1 N–H and O–H groups in total. The Bertz CT molecular complexity index is 1330. The van der Waals surface area contributed by atoms with Gasteiger partial charge in [0.05, 0.1) is 19.1 Å². The van der Waals surface area contributed by atoms with E-state index in [0.29, 0.717) is 32.6 Å². The second-order valence-corrected chi connectivity index (χ2v) is 10.6. The minimum Gasteiger partial charge on any atom is -0.463 e. The molecule has 1 amide bonds. The summed E-state index contributed by atoms with van der Waals surface area (Å²) >= 11 is 0. The minimum absolute atomic E-state index is 0.0204. The number of hydrogen-bond donors (Lipinski definition) is 1. The van der Waals surface area contributed by atoms with Gasteiger partial charge in [-0.3, -0.25) is 14.6 Å². The minimum atomic E-state index is -0.269. The molecule has 2 heterocycles. The van der Waals surface area contributed by atoms with Crippen LogP contribution in [0.4, 0.5) is 5.69 Å². The number of esters is 1. The number of aromatic nitrogens is 1. The molecule has 0 spiro atoms. The largest absolute Gasteiger partial charge is 0.463 e. The first kappa shape index (κ1) is 27.7. The Kier molecular flexibility index (Phi) is 9.04. The quantitative estimate of drug-likeness (QED) is 0.358. The van der Waals surface area contributed by atoms with Gasteiger partial charge in [-0.1, -0.05) is 48.6 Å². The van der Waals surface area contributed by atoms with E-state index in [9.17, 15) is 9.59 Å². The summed E-state index contributed by atoms with van der Waals surface area (Å²) in [4.78, 5) is 32.3. The van der Waals surface area contributed by atoms with Gasteiger partial charge in [-0.2, -0.15) is 0 Å². The fourth-order valence-corrected chi connectivity index (χ4v) is 5.28. The summed E-state index contributed by atoms with van der Waals surface area (Å²) < 4.78 is 10.7. The van der Waals surface area contributed by atoms with Gasteiger partial charge in [-0.05, 0) is 78.1 Å². The highest BCUT2D eigenvalue weighted by atomic mass is 16.5. The monoisotopic (exact) mass is 540 g/mol. The molecule has 40 heavy (non-hydrogen) atoms. The number of aryl methyl sites for hydroxylation is 1. The fourth-order valence-electron chi connectivity index (χ4n) is 5.28. The number of carbonyl (C=O) groups excluding carboxylic acids is 2. The Hall–Kier alpha value is -3.81. The molecule has 2 atom stereocenters. The molecule has 7 heteroatoms. The predicted molar refractivity (Wildman–Crippen MR) is 154 cm³/mol. The second kappa shape index (κ2) is 13.0. The van der Waals surface area contributed by atoms with Gasteiger partial charge in [0.2, 0.25) is 5.91 Å². The van der Waals surface area contributed by atoms with Crippen LogP contribution in [0.5, 0.6) is 0 Å². The molecule has 0 radical (unpaired) electrons. The smallest absolute Gasteiger partial charge is 0.309 e. The van der Waals surface area contributed by atoms with Crippen LogP contribution >= 0.6 is 0 Å². The molecule has 2 fully saturated rings. The van der Waals surface area contributed by atoms with Crippen LogP contribution < -0.4 is 4.90 Å². The van der Waals surface area contributed by atoms with E-state index < -0.39 is 0 Å². The molecule has 1 aliphatic carbocycles. The van der Waals surface area contributed by atoms with E-state index in [4.69, 9.17) is 14.6 Å². The summed E-state index contributed by atoms with van der Waals surface area (Å²) in [5.74, 6) is -0.379. The zero-order valence-corrected chi connectivity index (χ0v) is 22.9. The molecule has 7 nitrogen and oxygen atoms in total. The van der Waals surface area contributed by atoms with E-state index in [1.807, 2.05) is 42.3 Å². The number of nitrogens with zero attached hydrogens (tertiary/aromatic N) is 2. The summed E-state index contributed by atoms with van der Waals surface area (Å²) in [6.45, 7) is 3.52. The van der Waals surface area contributed by atoms with Crippen molar-refractivity contribution in [2.45, 2.75) is 38.6 Å². The van der Waals surface area contributed by atoms with Gasteiger partial charge < -0.3 is 19.5 Å². The van der Waals surface area contributed by atoms with Crippen molar-refractivity contribution in [2.75, 3.05) is 31.3 Å². The summed E-state index contributed by atoms with van der Waals surface area (Å²) in [6, 6.07) is 18.4. The molecule has 0 bridgehead atoms. The lowest BCUT2D eigenvalue weighted by atomic mass is 9.97. The number of amides is 1. The maximum atomic E-state index is 13.9. The first-order valence-electron chi connectivity index (χ1n) is 14.0. The standard InChI is InChI=1S/C33H36N2O5/c1-23-17-28(30-20-31(30)33(38)40-16-13-36)19-29(18-23)35(32(37)27-10-14-39-15-11-27)22-26-8-5-24(6-9-26)4-7-25-3-2-12-34-21-25/h2-9,12,17-19,21,27,30-31,36H,10-11,13-16,20,22H2,1H3/b7-4+. The first-order valence-corrected chi connectivity index (χ1v) is 14.0. The lowest BCUT2D eigenvalue weighted by molar-refractivity contribution is -0.146. The van der Waals surface area contributed by atoms with Crippen molar-refractivity contribution in [1.82, 2.24) is 4.98 Å². The normalized spacial score (nSPS) is 18.9. The second-order valence-electron chi connectivity index (χ2n) is 10.6. The van der Waals surface area contributed by atoms with Gasteiger partial charge in [0.15, 0.2) is 0 Å². The maximum Gasteiger partial charge on any atom is 0.309 e. The summed E-state index contributed by atoms with van der Waals surface area (Å²) in [7, 11) is 0. The van der Waals surface area contributed by atoms with Crippen molar-refractivity contribution in [2.24, 2.45) is 11.8 Å². The van der Waals surface area contributed by atoms with E-state index in [2.05, 4.69) is 47.5 Å². The van der Waals surface area contributed by atoms with Gasteiger partial charge in [0, 0.05) is 37.2 Å². The van der Waals surface area contributed by atoms with Crippen molar-refractivity contribution in [3.63, 3.8) is 0 Å². The molecule has 1 saturated carbocycles. The number of benzene rings is 2. The summed E-state index contributed by atoms with van der Waals surface area (Å²) in [5, 5.41) is 8.98. The molecular weight excluding hydrogens is 504 g/mol. The number of ether oxygens (including phenoxy) is 2. The number of rotatable bonds is 10. The summed E-state index contributed by atoms with van der Waals surface area (Å²) in [5.41, 5.74) is 6.08. The molecule has 1 aromatic heterocycles. The van der Waals surface area contributed by atoms with Gasteiger partial charge in [0.25, 0.3) is 0 Å². The Labute approximate surface area is 235 Å². The van der Waals surface area contributed by atoms with E-state index in [-0.39, 0.29) is 42.8 Å². The molecule has 208 valence electrons. The Morgan fingerprint density at radius 2 is 1.85 bits per heavy atom. The first-order chi connectivity index (χ1) is 19.5. The maximum absolute atomic E-state index is 13.9. The van der Waals surface area contributed by atoms with Gasteiger partial charge in [-0.15, -0.1) is 0 Å². The zero-order valence-electron chi connectivity index (χ0n) is 22.9. The number of anilines is 1. The van der Waals surface area contributed by atoms with Gasteiger partial charge in [0.1, 0.15) is 6.61 Å². The zero-order chi connectivity index (χ0) is 27.9. The van der Waals surface area contributed by atoms with E-state index in [0.717, 1.165) is 39.9 Å². The highest BCUT2D eigenvalue weighted by Crippen LogP contribution is 2.49. The van der Waals surface area contributed by atoms with Crippen molar-refractivity contribution in [1.29, 1.82) is 0 Å². The van der Waals surface area contributed by atoms with Crippen LogP contribution in [0.25, 0.3) is 12.2 Å². The average Bonchev–Trinajstić information content (AvgIpc) is 3.80. The topological polar surface area (TPSA) is 89.0 Å². The van der Waals surface area contributed by atoms with E-state index >= 15 is 0 Å². The number of hydrogen-bond acceptors (Lipinski definition) is 6. The molecule has 1 saturated heterocycles. The van der Waals surface area contributed by atoms with Crippen LogP contribution in [-0.4, -0.2) is 48.4 Å². The summed E-state index contributed by atoms with van der Waals surface area (Å²) in [6.07, 6.45) is 9.81. The van der Waals surface area contributed by atoms with Crippen LogP contribution in [-0.2, 0) is 25.6 Å². The molecule has 2 unspecified atom stereocenters. The van der Waals surface area contributed by atoms with Crippen molar-refractivity contribution in [3.8, 4) is 0 Å². The van der Waals surface area contributed by atoms with Crippen LogP contribution in [0.3, 0.4) is 0 Å². The van der Waals surface area contributed by atoms with Crippen molar-refractivity contribution < 1.29 is 24.2 Å². The molecule has 5 rings (SSSR count). The predicted octanol–water partition coefficient (Wildman–Crippen LogP) is 5.16. The SMILES string of the molecule is Cc1cc(C2CC2C(=O)OCCO)cc(N(Cc2ccc(/C=C/c3cccnc3)cc2)C(=O)C2CCOCC2)c1. The molecular formula is C33H36N2O5. The highest BCUT2D eigenvalue weighted by molar-refractivity contribution is 5.95. The van der Waals surface area contributed by atoms with Crippen LogP contribution in [0.15, 0.2) is 67.0 Å². The van der Waals surface area contributed by atoms with Crippen molar-refractivity contribution in [3.05, 3.63) is 94.8 Å². The Morgan fingerprint density at radius 3 is 2.58 bits per heavy atom. The number of carbonyl (C=O) groups is 2. The molecule has 2 aliphatic rings. The van der Waals surface area contributed by atoms with Gasteiger partial charge >= 0.3 is 5.97 Å². The lowest BCUT2D eigenvalue weighted by Crippen LogP contribution is -2.38. The average molecular weight is 541 g/mol. The molecule has 1 aliphatic heterocycles. The third-order valence-corrected chi connectivity index (χ3v) is 7.56. The van der Waals surface area contributed by atoms with E-state index in [1.165, 1.54) is 0 Å². The number of aliphatic hydroxyl groups excluding tert-OH is 1. The molecule has 3 aromatic rings. The third kappa shape index (κ3) is 7.03. The van der Waals surface area contributed by atoms with Crippen LogP contribution in [0.2, 0.25) is 0 Å². The lowest BCUT2D eigenvalue weighted by Gasteiger charge is -2.30.